The van der Waals surface area contributed by atoms with Gasteiger partial charge in [0, 0.05) is 44.8 Å². The van der Waals surface area contributed by atoms with Crippen LogP contribution in [0.4, 0.5) is 5.69 Å². The third-order valence-corrected chi connectivity index (χ3v) is 4.40. The van der Waals surface area contributed by atoms with Crippen molar-refractivity contribution in [2.75, 3.05) is 27.7 Å². The highest BCUT2D eigenvalue weighted by atomic mass is 35.5. The third-order valence-electron chi connectivity index (χ3n) is 4.15. The molecule has 0 atom stereocenters. The maximum atomic E-state index is 12.0. The lowest BCUT2D eigenvalue weighted by Gasteiger charge is -2.23. The van der Waals surface area contributed by atoms with Crippen molar-refractivity contribution in [2.24, 2.45) is 4.99 Å². The molecule has 0 unspecified atom stereocenters. The Balaban J connectivity index is 2.13. The fourth-order valence-corrected chi connectivity index (χ4v) is 2.58. The molecule has 2 aromatic carbocycles. The van der Waals surface area contributed by atoms with Crippen LogP contribution in [0.2, 0.25) is 5.02 Å². The minimum atomic E-state index is -0.438. The van der Waals surface area contributed by atoms with Crippen molar-refractivity contribution in [1.29, 1.82) is 0 Å². The number of nitrogens with one attached hydrogen (secondary N) is 1. The number of hydrogen-bond donors (Lipinski definition) is 1. The normalized spacial score (nSPS) is 11.1. The standard InChI is InChI=1S/C20H24ClN5O3/c1-24(2)19(27)13-23-20(25(3)14-16-4-8-17(21)9-5-16)22-12-15-6-10-18(11-7-15)26(28)29/h4-11H,12-14H2,1-3H3,(H,22,23). The number of hydrogen-bond acceptors (Lipinski definition) is 4. The predicted octanol–water partition coefficient (Wildman–Crippen LogP) is 2.91. The molecule has 1 amide bonds. The van der Waals surface area contributed by atoms with E-state index >= 15 is 0 Å². The highest BCUT2D eigenvalue weighted by Crippen LogP contribution is 2.13. The molecule has 154 valence electrons. The number of non-ortho nitro benzene ring substituents is 1. The van der Waals surface area contributed by atoms with Crippen molar-refractivity contribution in [1.82, 2.24) is 15.1 Å². The minimum absolute atomic E-state index is 0.0347. The van der Waals surface area contributed by atoms with E-state index in [1.807, 2.05) is 36.2 Å². The van der Waals surface area contributed by atoms with Gasteiger partial charge in [-0.1, -0.05) is 35.9 Å². The number of guanidine groups is 1. The van der Waals surface area contributed by atoms with Gasteiger partial charge in [0.15, 0.2) is 5.96 Å². The Labute approximate surface area is 174 Å². The number of carbonyl (C=O) groups is 1. The van der Waals surface area contributed by atoms with Crippen LogP contribution in [0.1, 0.15) is 11.1 Å². The largest absolute Gasteiger partial charge is 0.347 e. The Morgan fingerprint density at radius 2 is 1.66 bits per heavy atom. The van der Waals surface area contributed by atoms with Crippen LogP contribution >= 0.6 is 11.6 Å². The first kappa shape index (κ1) is 22.2. The van der Waals surface area contributed by atoms with Crippen LogP contribution in [0, 0.1) is 10.1 Å². The molecule has 0 spiro atoms. The first-order valence-electron chi connectivity index (χ1n) is 8.93. The van der Waals surface area contributed by atoms with E-state index in [1.165, 1.54) is 17.0 Å². The van der Waals surface area contributed by atoms with Gasteiger partial charge in [-0.15, -0.1) is 0 Å². The van der Waals surface area contributed by atoms with Gasteiger partial charge in [0.1, 0.15) is 0 Å². The first-order valence-corrected chi connectivity index (χ1v) is 9.31. The quantitative estimate of drug-likeness (QED) is 0.323. The van der Waals surface area contributed by atoms with Crippen molar-refractivity contribution in [3.63, 3.8) is 0 Å². The molecule has 29 heavy (non-hydrogen) atoms. The van der Waals surface area contributed by atoms with Crippen LogP contribution in [-0.2, 0) is 17.9 Å². The Hall–Kier alpha value is -3.13. The Morgan fingerprint density at radius 3 is 2.21 bits per heavy atom. The van der Waals surface area contributed by atoms with Gasteiger partial charge >= 0.3 is 0 Å². The number of carbonyl (C=O) groups excluding carboxylic acids is 1. The molecule has 2 rings (SSSR count). The molecule has 0 aliphatic rings. The van der Waals surface area contributed by atoms with Crippen molar-refractivity contribution in [2.45, 2.75) is 13.1 Å². The molecule has 0 aliphatic carbocycles. The Bertz CT molecular complexity index is 867. The van der Waals surface area contributed by atoms with Gasteiger partial charge < -0.3 is 15.1 Å². The van der Waals surface area contributed by atoms with E-state index in [9.17, 15) is 14.9 Å². The molecule has 2 aromatic rings. The van der Waals surface area contributed by atoms with E-state index in [-0.39, 0.29) is 18.1 Å². The van der Waals surface area contributed by atoms with Crippen LogP contribution in [0.25, 0.3) is 0 Å². The zero-order valence-electron chi connectivity index (χ0n) is 16.6. The average Bonchev–Trinajstić information content (AvgIpc) is 2.69. The SMILES string of the molecule is CN(C)C(=O)CNC(=NCc1ccc([N+](=O)[O-])cc1)N(C)Cc1ccc(Cl)cc1. The molecule has 9 heteroatoms. The molecule has 0 heterocycles. The minimum Gasteiger partial charge on any atom is -0.347 e. The number of aliphatic imine (C=N–C) groups is 1. The molecule has 0 fully saturated rings. The molecule has 0 aliphatic heterocycles. The van der Waals surface area contributed by atoms with Gasteiger partial charge in [-0.2, -0.15) is 0 Å². The van der Waals surface area contributed by atoms with Crippen LogP contribution in [0.5, 0.6) is 0 Å². The third kappa shape index (κ3) is 7.08. The van der Waals surface area contributed by atoms with Crippen LogP contribution in [0.15, 0.2) is 53.5 Å². The average molecular weight is 418 g/mol. The second-order valence-corrected chi connectivity index (χ2v) is 7.12. The molecule has 0 saturated heterocycles. The first-order chi connectivity index (χ1) is 13.8. The van der Waals surface area contributed by atoms with E-state index in [0.717, 1.165) is 11.1 Å². The van der Waals surface area contributed by atoms with E-state index in [0.29, 0.717) is 24.1 Å². The summed E-state index contributed by atoms with van der Waals surface area (Å²) in [7, 11) is 5.25. The number of nitrogens with zero attached hydrogens (tertiary/aromatic N) is 4. The topological polar surface area (TPSA) is 91.1 Å². The summed E-state index contributed by atoms with van der Waals surface area (Å²) in [6.45, 7) is 0.998. The van der Waals surface area contributed by atoms with E-state index in [4.69, 9.17) is 11.6 Å². The molecule has 0 saturated carbocycles. The second-order valence-electron chi connectivity index (χ2n) is 6.69. The van der Waals surface area contributed by atoms with Gasteiger partial charge in [-0.3, -0.25) is 14.9 Å². The molecule has 0 aromatic heterocycles. The smallest absolute Gasteiger partial charge is 0.269 e. The van der Waals surface area contributed by atoms with E-state index in [2.05, 4.69) is 10.3 Å². The molecule has 0 bridgehead atoms. The van der Waals surface area contributed by atoms with Gasteiger partial charge in [-0.25, -0.2) is 4.99 Å². The summed E-state index contributed by atoms with van der Waals surface area (Å²) in [5.74, 6) is 0.474. The van der Waals surface area contributed by atoms with E-state index in [1.54, 1.807) is 26.2 Å². The molecule has 8 nitrogen and oxygen atoms in total. The fraction of sp³-hybridized carbons (Fsp3) is 0.300. The number of amides is 1. The second kappa shape index (κ2) is 10.4. The van der Waals surface area contributed by atoms with E-state index < -0.39 is 4.92 Å². The van der Waals surface area contributed by atoms with Gasteiger partial charge in [0.2, 0.25) is 5.91 Å². The van der Waals surface area contributed by atoms with Crippen molar-refractivity contribution in [3.05, 3.63) is 74.8 Å². The fourth-order valence-electron chi connectivity index (χ4n) is 2.45. The molecule has 1 N–H and O–H groups in total. The summed E-state index contributed by atoms with van der Waals surface area (Å²) in [4.78, 5) is 30.3. The maximum absolute atomic E-state index is 12.0. The van der Waals surface area contributed by atoms with Gasteiger partial charge in [0.05, 0.1) is 18.0 Å². The zero-order valence-corrected chi connectivity index (χ0v) is 17.4. The summed E-state index contributed by atoms with van der Waals surface area (Å²) in [6, 6.07) is 13.7. The number of nitro groups is 1. The summed E-state index contributed by atoms with van der Waals surface area (Å²) in [5.41, 5.74) is 1.90. The number of halogens is 1. The summed E-state index contributed by atoms with van der Waals surface area (Å²) in [6.07, 6.45) is 0. The number of nitro benzene ring substituents is 1. The Kier molecular flexibility index (Phi) is 7.97. The maximum Gasteiger partial charge on any atom is 0.269 e. The van der Waals surface area contributed by atoms with Crippen molar-refractivity contribution in [3.8, 4) is 0 Å². The molecule has 0 radical (unpaired) electrons. The molecular formula is C20H24ClN5O3. The van der Waals surface area contributed by atoms with Crippen molar-refractivity contribution >= 4 is 29.2 Å². The van der Waals surface area contributed by atoms with Crippen LogP contribution < -0.4 is 5.32 Å². The van der Waals surface area contributed by atoms with Crippen LogP contribution in [0.3, 0.4) is 0 Å². The lowest BCUT2D eigenvalue weighted by Crippen LogP contribution is -2.43. The van der Waals surface area contributed by atoms with Crippen molar-refractivity contribution < 1.29 is 9.72 Å². The number of likely N-dealkylation sites (N-methyl/N-ethyl adjacent to an activating group) is 1. The summed E-state index contributed by atoms with van der Waals surface area (Å²) < 4.78 is 0. The summed E-state index contributed by atoms with van der Waals surface area (Å²) in [5, 5.41) is 14.5. The van der Waals surface area contributed by atoms with Gasteiger partial charge in [0.25, 0.3) is 5.69 Å². The summed E-state index contributed by atoms with van der Waals surface area (Å²) >= 11 is 5.94. The number of benzene rings is 2. The lowest BCUT2D eigenvalue weighted by molar-refractivity contribution is -0.384. The predicted molar refractivity (Wildman–Crippen MR) is 114 cm³/mol. The highest BCUT2D eigenvalue weighted by Gasteiger charge is 2.11. The lowest BCUT2D eigenvalue weighted by atomic mass is 10.2. The number of rotatable bonds is 7. The Morgan fingerprint density at radius 1 is 1.07 bits per heavy atom. The highest BCUT2D eigenvalue weighted by molar-refractivity contribution is 6.30. The van der Waals surface area contributed by atoms with Gasteiger partial charge in [-0.05, 0) is 23.3 Å². The monoisotopic (exact) mass is 417 g/mol. The zero-order chi connectivity index (χ0) is 21.4. The van der Waals surface area contributed by atoms with Crippen LogP contribution in [-0.4, -0.2) is 54.3 Å². The molecular weight excluding hydrogens is 394 g/mol.